The minimum absolute atomic E-state index is 0.175. The van der Waals surface area contributed by atoms with Crippen molar-refractivity contribution in [3.8, 4) is 0 Å². The van der Waals surface area contributed by atoms with Crippen LogP contribution in [0.1, 0.15) is 32.3 Å². The summed E-state index contributed by atoms with van der Waals surface area (Å²) in [4.78, 5) is 30.4. The minimum Gasteiger partial charge on any atom is -0.369 e. The number of sulfonamides is 1. The summed E-state index contributed by atoms with van der Waals surface area (Å²) in [6, 6.07) is 9.96. The van der Waals surface area contributed by atoms with E-state index in [-0.39, 0.29) is 22.6 Å². The normalized spacial score (nSPS) is 16.7. The zero-order valence-corrected chi connectivity index (χ0v) is 20.3. The molecule has 0 saturated carbocycles. The van der Waals surface area contributed by atoms with Gasteiger partial charge in [0.1, 0.15) is 5.82 Å². The Balaban J connectivity index is 1.58. The Kier molecular flexibility index (Phi) is 8.41. The molecule has 10 heteroatoms. The first-order valence-electron chi connectivity index (χ1n) is 11.3. The van der Waals surface area contributed by atoms with E-state index in [2.05, 4.69) is 10.3 Å². The van der Waals surface area contributed by atoms with E-state index in [1.165, 1.54) is 22.5 Å². The van der Waals surface area contributed by atoms with E-state index in [9.17, 15) is 18.0 Å². The Bertz CT molecular complexity index is 1130. The van der Waals surface area contributed by atoms with E-state index in [0.717, 1.165) is 25.2 Å². The zero-order valence-electron chi connectivity index (χ0n) is 19.5. The van der Waals surface area contributed by atoms with Gasteiger partial charge in [-0.1, -0.05) is 26.0 Å². The highest BCUT2D eigenvalue weighted by molar-refractivity contribution is 7.89. The van der Waals surface area contributed by atoms with Crippen LogP contribution in [0, 0.1) is 5.92 Å². The standard InChI is InChI=1S/C24H31N5O4S/c1-3-29(4-2)34(32,33)21-11-7-18(8-12-21)9-14-23(30)27-20-10-13-22(26-16-20)28-15-5-6-19(17-28)24(25)31/h7-14,16,19H,3-6,15,17H2,1-2H3,(H2,25,31)(H,27,30)/b14-9+. The predicted molar refractivity (Wildman–Crippen MR) is 133 cm³/mol. The van der Waals surface area contributed by atoms with Gasteiger partial charge >= 0.3 is 0 Å². The van der Waals surface area contributed by atoms with Crippen molar-refractivity contribution in [2.75, 3.05) is 36.4 Å². The van der Waals surface area contributed by atoms with Crippen LogP contribution in [0.25, 0.3) is 6.08 Å². The summed E-state index contributed by atoms with van der Waals surface area (Å²) in [5.41, 5.74) is 6.69. The SMILES string of the molecule is CCN(CC)S(=O)(=O)c1ccc(/C=C/C(=O)Nc2ccc(N3CCCC(C(N)=O)C3)nc2)cc1. The molecule has 0 aliphatic carbocycles. The second-order valence-electron chi connectivity index (χ2n) is 8.07. The molecule has 34 heavy (non-hydrogen) atoms. The average molecular weight is 486 g/mol. The van der Waals surface area contributed by atoms with Gasteiger partial charge in [0.15, 0.2) is 0 Å². The number of piperidine rings is 1. The number of carbonyl (C=O) groups is 2. The molecule has 0 spiro atoms. The van der Waals surface area contributed by atoms with Crippen molar-refractivity contribution in [1.29, 1.82) is 0 Å². The van der Waals surface area contributed by atoms with Gasteiger partial charge in [0, 0.05) is 32.3 Å². The molecule has 3 rings (SSSR count). The number of hydrogen-bond donors (Lipinski definition) is 2. The lowest BCUT2D eigenvalue weighted by atomic mass is 9.97. The lowest BCUT2D eigenvalue weighted by Crippen LogP contribution is -2.41. The second-order valence-corrected chi connectivity index (χ2v) is 10.0. The molecule has 1 aromatic carbocycles. The van der Waals surface area contributed by atoms with Crippen molar-refractivity contribution in [3.63, 3.8) is 0 Å². The van der Waals surface area contributed by atoms with E-state index in [0.29, 0.717) is 30.9 Å². The Labute approximate surface area is 200 Å². The Morgan fingerprint density at radius 3 is 2.47 bits per heavy atom. The molecule has 0 bridgehead atoms. The Morgan fingerprint density at radius 1 is 1.18 bits per heavy atom. The maximum atomic E-state index is 12.6. The molecule has 3 N–H and O–H groups in total. The lowest BCUT2D eigenvalue weighted by molar-refractivity contribution is -0.122. The molecule has 9 nitrogen and oxygen atoms in total. The van der Waals surface area contributed by atoms with Crippen molar-refractivity contribution in [2.24, 2.45) is 11.7 Å². The monoisotopic (exact) mass is 485 g/mol. The first-order chi connectivity index (χ1) is 16.2. The van der Waals surface area contributed by atoms with Crippen molar-refractivity contribution < 1.29 is 18.0 Å². The third-order valence-electron chi connectivity index (χ3n) is 5.81. The van der Waals surface area contributed by atoms with Crippen LogP contribution in [0.15, 0.2) is 53.6 Å². The number of primary amides is 1. The first kappa shape index (κ1) is 25.4. The fourth-order valence-electron chi connectivity index (χ4n) is 3.88. The fourth-order valence-corrected chi connectivity index (χ4v) is 5.34. The van der Waals surface area contributed by atoms with E-state index >= 15 is 0 Å². The van der Waals surface area contributed by atoms with Gasteiger partial charge in [0.25, 0.3) is 0 Å². The van der Waals surface area contributed by atoms with Crippen LogP contribution in [-0.4, -0.2) is 55.7 Å². The molecular formula is C24H31N5O4S. The summed E-state index contributed by atoms with van der Waals surface area (Å²) in [7, 11) is -3.51. The molecule has 2 amide bonds. The van der Waals surface area contributed by atoms with E-state index in [4.69, 9.17) is 5.73 Å². The molecule has 1 atom stereocenters. The molecular weight excluding hydrogens is 454 g/mol. The van der Waals surface area contributed by atoms with E-state index in [1.807, 2.05) is 4.90 Å². The summed E-state index contributed by atoms with van der Waals surface area (Å²) < 4.78 is 26.5. The van der Waals surface area contributed by atoms with Crippen LogP contribution in [0.5, 0.6) is 0 Å². The Morgan fingerprint density at radius 2 is 1.88 bits per heavy atom. The van der Waals surface area contributed by atoms with Crippen LogP contribution in [0.4, 0.5) is 11.5 Å². The van der Waals surface area contributed by atoms with Crippen LogP contribution in [-0.2, 0) is 19.6 Å². The Hall–Kier alpha value is -3.24. The number of nitrogens with two attached hydrogens (primary N) is 1. The number of aromatic nitrogens is 1. The van der Waals surface area contributed by atoms with Gasteiger partial charge < -0.3 is 16.0 Å². The van der Waals surface area contributed by atoms with E-state index < -0.39 is 10.0 Å². The van der Waals surface area contributed by atoms with Gasteiger partial charge in [-0.3, -0.25) is 9.59 Å². The van der Waals surface area contributed by atoms with Crippen molar-refractivity contribution in [2.45, 2.75) is 31.6 Å². The highest BCUT2D eigenvalue weighted by Gasteiger charge is 2.24. The maximum Gasteiger partial charge on any atom is 0.248 e. The number of carbonyl (C=O) groups excluding carboxylic acids is 2. The number of benzene rings is 1. The molecule has 0 radical (unpaired) electrons. The van der Waals surface area contributed by atoms with Crippen LogP contribution in [0.2, 0.25) is 0 Å². The molecule has 1 fully saturated rings. The number of amides is 2. The fraction of sp³-hybridized carbons (Fsp3) is 0.375. The molecule has 182 valence electrons. The number of anilines is 2. The average Bonchev–Trinajstić information content (AvgIpc) is 2.84. The number of nitrogens with one attached hydrogen (secondary N) is 1. The highest BCUT2D eigenvalue weighted by atomic mass is 32.2. The van der Waals surface area contributed by atoms with Gasteiger partial charge in [0.2, 0.25) is 21.8 Å². The van der Waals surface area contributed by atoms with Gasteiger partial charge in [-0.15, -0.1) is 0 Å². The van der Waals surface area contributed by atoms with Crippen LogP contribution in [0.3, 0.4) is 0 Å². The molecule has 2 aromatic rings. The van der Waals surface area contributed by atoms with Crippen LogP contribution < -0.4 is 16.0 Å². The number of pyridine rings is 1. The van der Waals surface area contributed by atoms with Gasteiger partial charge in [-0.05, 0) is 48.7 Å². The van der Waals surface area contributed by atoms with Crippen molar-refractivity contribution in [3.05, 3.63) is 54.2 Å². The molecule has 2 heterocycles. The quantitative estimate of drug-likeness (QED) is 0.526. The predicted octanol–water partition coefficient (Wildman–Crippen LogP) is 2.47. The number of rotatable bonds is 9. The van der Waals surface area contributed by atoms with Gasteiger partial charge in [0.05, 0.1) is 22.7 Å². The summed E-state index contributed by atoms with van der Waals surface area (Å²) >= 11 is 0. The van der Waals surface area contributed by atoms with Gasteiger partial charge in [-0.2, -0.15) is 4.31 Å². The molecule has 1 aliphatic rings. The minimum atomic E-state index is -3.51. The molecule has 1 aliphatic heterocycles. The van der Waals surface area contributed by atoms with E-state index in [1.54, 1.807) is 50.4 Å². The topological polar surface area (TPSA) is 126 Å². The third-order valence-corrected chi connectivity index (χ3v) is 7.88. The lowest BCUT2D eigenvalue weighted by Gasteiger charge is -2.32. The van der Waals surface area contributed by atoms with Gasteiger partial charge in [-0.25, -0.2) is 13.4 Å². The first-order valence-corrected chi connectivity index (χ1v) is 12.8. The number of nitrogens with zero attached hydrogens (tertiary/aromatic N) is 3. The largest absolute Gasteiger partial charge is 0.369 e. The highest BCUT2D eigenvalue weighted by Crippen LogP contribution is 2.22. The summed E-state index contributed by atoms with van der Waals surface area (Å²) in [5, 5.41) is 2.75. The smallest absolute Gasteiger partial charge is 0.248 e. The molecule has 1 saturated heterocycles. The zero-order chi connectivity index (χ0) is 24.7. The summed E-state index contributed by atoms with van der Waals surface area (Å²) in [6.07, 6.45) is 6.23. The molecule has 1 aromatic heterocycles. The second kappa shape index (κ2) is 11.3. The van der Waals surface area contributed by atoms with Crippen molar-refractivity contribution >= 4 is 39.4 Å². The maximum absolute atomic E-state index is 12.6. The molecule has 1 unspecified atom stereocenters. The summed E-state index contributed by atoms with van der Waals surface area (Å²) in [6.45, 7) is 5.76. The number of hydrogen-bond acceptors (Lipinski definition) is 6. The summed E-state index contributed by atoms with van der Waals surface area (Å²) in [5.74, 6) is -0.0626. The van der Waals surface area contributed by atoms with Crippen LogP contribution >= 0.6 is 0 Å². The third kappa shape index (κ3) is 6.21. The van der Waals surface area contributed by atoms with Crippen molar-refractivity contribution in [1.82, 2.24) is 9.29 Å².